The van der Waals surface area contributed by atoms with Crippen LogP contribution in [0.4, 0.5) is 9.59 Å². The van der Waals surface area contributed by atoms with E-state index in [9.17, 15) is 38.4 Å². The zero-order chi connectivity index (χ0) is 74.1. The molecular formula is C70H108Cl3N9O14Si2. The fourth-order valence-corrected chi connectivity index (χ4v) is 11.7. The maximum atomic E-state index is 14.2. The first-order valence-corrected chi connectivity index (χ1v) is 40.3. The van der Waals surface area contributed by atoms with Crippen LogP contribution >= 0.6 is 34.8 Å². The van der Waals surface area contributed by atoms with Crippen molar-refractivity contribution in [2.45, 2.75) is 243 Å². The third-order valence-corrected chi connectivity index (χ3v) is 25.8. The predicted octanol–water partition coefficient (Wildman–Crippen LogP) is 12.0. The van der Waals surface area contributed by atoms with Crippen LogP contribution in [0.2, 0.25) is 36.3 Å². The molecule has 28 heteroatoms. The number of alkyl carbamates (subject to hydrolysis) is 2. The molecule has 6 N–H and O–H groups in total. The van der Waals surface area contributed by atoms with Crippen molar-refractivity contribution >= 4 is 105 Å². The van der Waals surface area contributed by atoms with Gasteiger partial charge in [0, 0.05) is 32.1 Å². The number of aromatic nitrogens is 1. The van der Waals surface area contributed by atoms with Crippen LogP contribution in [0.1, 0.15) is 159 Å². The fraction of sp³-hybridized carbons (Fsp3) is 0.614. The Morgan fingerprint density at radius 1 is 0.602 bits per heavy atom. The number of alkyl halides is 3. The van der Waals surface area contributed by atoms with Gasteiger partial charge in [-0.25, -0.2) is 20.4 Å². The molecule has 0 saturated carbocycles. The van der Waals surface area contributed by atoms with Gasteiger partial charge in [-0.15, -0.1) is 0 Å². The Kier molecular flexibility index (Phi) is 30.6. The van der Waals surface area contributed by atoms with Crippen molar-refractivity contribution in [3.63, 3.8) is 0 Å². The Morgan fingerprint density at radius 2 is 1.00 bits per heavy atom. The maximum absolute atomic E-state index is 14.2. The molecule has 546 valence electrons. The third-order valence-electron chi connectivity index (χ3n) is 16.8. The molecule has 0 radical (unpaired) electrons. The zero-order valence-corrected chi connectivity index (χ0v) is 65.3. The highest BCUT2D eigenvalue weighted by molar-refractivity contribution is 6.75. The molecule has 6 amide bonds. The number of pyridine rings is 1. The summed E-state index contributed by atoms with van der Waals surface area (Å²) in [6, 6.07) is 12.8. The summed E-state index contributed by atoms with van der Waals surface area (Å²) in [6.07, 6.45) is 3.93. The first kappa shape index (κ1) is 83.9. The van der Waals surface area contributed by atoms with Gasteiger partial charge in [0.1, 0.15) is 72.2 Å². The lowest BCUT2D eigenvalue weighted by atomic mass is 10.0. The Hall–Kier alpha value is -6.49. The quantitative estimate of drug-likeness (QED) is 0.0210. The fourth-order valence-electron chi connectivity index (χ4n) is 9.51. The topological polar surface area (TPSA) is 283 Å². The Bertz CT molecular complexity index is 3230. The average molecular weight is 1460 g/mol. The smallest absolute Gasteiger partial charge is 0.408 e. The van der Waals surface area contributed by atoms with Gasteiger partial charge >= 0.3 is 24.1 Å². The summed E-state index contributed by atoms with van der Waals surface area (Å²) in [4.78, 5) is 111. The summed E-state index contributed by atoms with van der Waals surface area (Å²) < 4.78 is 32.7. The first-order chi connectivity index (χ1) is 45.1. The number of hydrazine groups is 2. The zero-order valence-electron chi connectivity index (χ0n) is 61.0. The summed E-state index contributed by atoms with van der Waals surface area (Å²) in [7, 11) is -4.31. The molecule has 3 heterocycles. The van der Waals surface area contributed by atoms with Gasteiger partial charge in [-0.05, 0) is 168 Å². The van der Waals surface area contributed by atoms with Gasteiger partial charge in [-0.3, -0.25) is 43.8 Å². The van der Waals surface area contributed by atoms with E-state index in [4.69, 9.17) is 62.6 Å². The molecule has 2 fully saturated rings. The van der Waals surface area contributed by atoms with Crippen molar-refractivity contribution in [1.29, 1.82) is 0 Å². The molecule has 98 heavy (non-hydrogen) atoms. The number of amides is 6. The maximum Gasteiger partial charge on any atom is 0.408 e. The van der Waals surface area contributed by atoms with Crippen LogP contribution in [0, 0.1) is 11.8 Å². The number of carbonyl (C=O) groups is 8. The molecule has 1 aromatic heterocycles. The molecule has 2 aliphatic heterocycles. The molecule has 3 aromatic rings. The summed E-state index contributed by atoms with van der Waals surface area (Å²) in [5.74, 6) is -2.49. The van der Waals surface area contributed by atoms with Crippen LogP contribution in [0.25, 0.3) is 6.08 Å². The summed E-state index contributed by atoms with van der Waals surface area (Å²) in [5, 5.41) is 13.7. The van der Waals surface area contributed by atoms with Crippen molar-refractivity contribution in [2.75, 3.05) is 19.7 Å². The normalized spacial score (nSPS) is 16.9. The van der Waals surface area contributed by atoms with Crippen LogP contribution in [-0.2, 0) is 67.2 Å². The lowest BCUT2D eigenvalue weighted by Gasteiger charge is -2.36. The molecule has 2 saturated heterocycles. The second kappa shape index (κ2) is 35.7. The number of nitrogens with zero attached hydrogens (tertiary/aromatic N) is 3. The molecule has 6 atom stereocenters. The molecule has 2 aliphatic rings. The number of nitrogens with one attached hydrogen (secondary N) is 6. The number of ether oxygens (including phenoxy) is 4. The molecule has 0 bridgehead atoms. The van der Waals surface area contributed by atoms with Crippen LogP contribution < -0.4 is 41.0 Å². The van der Waals surface area contributed by atoms with Crippen LogP contribution in [0.5, 0.6) is 11.5 Å². The van der Waals surface area contributed by atoms with Crippen molar-refractivity contribution in [2.24, 2.45) is 11.8 Å². The Balaban J connectivity index is 0.000000418. The Morgan fingerprint density at radius 3 is 1.36 bits per heavy atom. The highest BCUT2D eigenvalue weighted by Crippen LogP contribution is 2.39. The molecule has 0 spiro atoms. The standard InChI is InChI=1S/C38H57N5O7Si.C32H51Cl3N4O7Si/c1-12-26-18-19-39-28(21-26)24-48-35(46)30-17-14-20-43(42-30)34(45)31(40-33(44)32(25(2)3)41-36(47)49-37(4,5)6)23-27-15-13-16-29(22-27)50-51(10,11)38(7,8)9;1-20(2)25(37-29(43)45-30(3,4)5)26(40)36-24(18-21-13-11-14-22(17-21)46-47(9,10)31(6,7)8)27(41)39-16-12-15-23(38-39)28(42)44-19-32(33,34)35/h12-13,15-16,18-19,21-22,25,30-32,42H,1,14,17,20,23-24H2,2-11H3,(H,40,44)(H,41,47);11,13-14,17,20,23-25,38H,12,15-16,18-19H2,1-10H3,(H,36,40)(H,37,43)/t30-,31-,32-;23-,24-,25-/m00/s1. The number of carbonyl (C=O) groups excluding carboxylic acids is 8. The minimum atomic E-state index is -2.16. The minimum absolute atomic E-state index is 0.0216. The van der Waals surface area contributed by atoms with E-state index in [1.807, 2.05) is 48.5 Å². The van der Waals surface area contributed by atoms with E-state index in [0.29, 0.717) is 49.4 Å². The van der Waals surface area contributed by atoms with Gasteiger partial charge in [0.05, 0.1) is 5.69 Å². The van der Waals surface area contributed by atoms with Crippen molar-refractivity contribution < 1.29 is 66.2 Å². The minimum Gasteiger partial charge on any atom is -0.543 e. The Labute approximate surface area is 597 Å². The second-order valence-electron chi connectivity index (χ2n) is 30.5. The predicted molar refractivity (Wildman–Crippen MR) is 387 cm³/mol. The van der Waals surface area contributed by atoms with Crippen molar-refractivity contribution in [1.82, 2.24) is 47.1 Å². The average Bonchev–Trinajstić information content (AvgIpc) is 0.832. The van der Waals surface area contributed by atoms with Crippen LogP contribution in [-0.4, -0.2) is 150 Å². The van der Waals surface area contributed by atoms with Gasteiger partial charge < -0.3 is 49.1 Å². The summed E-state index contributed by atoms with van der Waals surface area (Å²) in [5.41, 5.74) is 7.37. The monoisotopic (exact) mass is 1460 g/mol. The molecule has 5 rings (SSSR count). The molecule has 23 nitrogen and oxygen atoms in total. The highest BCUT2D eigenvalue weighted by Gasteiger charge is 2.42. The van der Waals surface area contributed by atoms with Gasteiger partial charge in [-0.1, -0.05) is 141 Å². The molecule has 0 unspecified atom stereocenters. The molecule has 0 aliphatic carbocycles. The van der Waals surface area contributed by atoms with Crippen molar-refractivity contribution in [3.8, 4) is 11.5 Å². The number of benzene rings is 2. The molecule has 2 aromatic carbocycles. The SMILES string of the molecule is C=Cc1ccnc(COC(=O)[C@@H]2CCCN(C(=O)[C@H](Cc3cccc(O[Si](C)(C)C(C)(C)C)c3)NC(=O)[C@@H](NC(=O)OC(C)(C)C)C(C)C)N2)c1.CC(C)[C@H](NC(=O)OC(C)(C)C)C(=O)N[C@@H](Cc1cccc(O[Si](C)(C)C(C)(C)C)c1)C(=O)N1CCC[C@@H](C(=O)OCC(Cl)(Cl)Cl)N1. The lowest BCUT2D eigenvalue weighted by molar-refractivity contribution is -0.155. The van der Waals surface area contributed by atoms with E-state index in [0.717, 1.165) is 16.7 Å². The van der Waals surface area contributed by atoms with E-state index in [1.54, 1.807) is 93.6 Å². The van der Waals surface area contributed by atoms with E-state index < -0.39 is 122 Å². The number of hydrogen-bond donors (Lipinski definition) is 6. The first-order valence-electron chi connectivity index (χ1n) is 33.4. The summed E-state index contributed by atoms with van der Waals surface area (Å²) >= 11 is 17.2. The second-order valence-corrected chi connectivity index (χ2v) is 42.5. The number of halogens is 3. The van der Waals surface area contributed by atoms with Crippen LogP contribution in [0.15, 0.2) is 73.4 Å². The number of esters is 2. The largest absolute Gasteiger partial charge is 0.543 e. The van der Waals surface area contributed by atoms with Gasteiger partial charge in [0.25, 0.3) is 11.8 Å². The summed E-state index contributed by atoms with van der Waals surface area (Å²) in [6.45, 7) is 42.9. The van der Waals surface area contributed by atoms with E-state index >= 15 is 0 Å². The van der Waals surface area contributed by atoms with E-state index in [2.05, 4.69) is 111 Å². The van der Waals surface area contributed by atoms with Gasteiger partial charge in [0.15, 0.2) is 0 Å². The van der Waals surface area contributed by atoms with E-state index in [-0.39, 0.29) is 47.9 Å². The number of rotatable bonds is 24. The van der Waals surface area contributed by atoms with E-state index in [1.165, 1.54) is 10.0 Å². The van der Waals surface area contributed by atoms with Crippen molar-refractivity contribution in [3.05, 3.63) is 95.8 Å². The van der Waals surface area contributed by atoms with Gasteiger partial charge in [0.2, 0.25) is 32.2 Å². The molecular weight excluding hydrogens is 1350 g/mol. The lowest BCUT2D eigenvalue weighted by Crippen LogP contribution is -2.62. The van der Waals surface area contributed by atoms with Crippen LogP contribution in [0.3, 0.4) is 0 Å². The highest BCUT2D eigenvalue weighted by atomic mass is 35.6. The van der Waals surface area contributed by atoms with Gasteiger partial charge in [-0.2, -0.15) is 0 Å². The number of hydrogen-bond acceptors (Lipinski definition) is 17. The third kappa shape index (κ3) is 27.9.